The molecule has 0 spiro atoms. The number of carbonyl (C=O) groups excluding carboxylic acids is 2. The molecule has 1 aromatic heterocycles. The van der Waals surface area contributed by atoms with E-state index in [9.17, 15) is 9.59 Å². The van der Waals surface area contributed by atoms with Crippen LogP contribution in [0.1, 0.15) is 52.5 Å². The van der Waals surface area contributed by atoms with E-state index in [1.165, 1.54) is 0 Å². The van der Waals surface area contributed by atoms with Crippen LogP contribution in [-0.2, 0) is 20.9 Å². The van der Waals surface area contributed by atoms with Crippen molar-refractivity contribution in [2.45, 2.75) is 65.2 Å². The van der Waals surface area contributed by atoms with Crippen molar-refractivity contribution in [2.24, 2.45) is 0 Å². The Morgan fingerprint density at radius 2 is 2.09 bits per heavy atom. The molecule has 0 fully saturated rings. The maximum Gasteiger partial charge on any atom is 0.408 e. The minimum Gasteiger partial charge on any atom is -0.444 e. The number of ether oxygens (including phenoxy) is 2. The fourth-order valence-electron chi connectivity index (χ4n) is 1.92. The maximum atomic E-state index is 12.3. The van der Waals surface area contributed by atoms with E-state index in [1.54, 1.807) is 32.1 Å². The standard InChI is InChI=1S/C17H27NO4S/c1-5-6-7-14(18-16(20)22-17(2,3)4)15(19)11-21-10-13-8-9-23-12-13/h8-9,12,14H,5-7,10-11H2,1-4H3,(H,18,20). The highest BCUT2D eigenvalue weighted by molar-refractivity contribution is 7.07. The number of Topliss-reactive ketones (excluding diaryl/α,β-unsaturated/α-hetero) is 1. The molecule has 1 heterocycles. The molecule has 0 aliphatic rings. The SMILES string of the molecule is CCCCC(NC(=O)OC(C)(C)C)C(=O)COCc1ccsc1. The van der Waals surface area contributed by atoms with Crippen molar-refractivity contribution in [1.29, 1.82) is 0 Å². The summed E-state index contributed by atoms with van der Waals surface area (Å²) in [6.45, 7) is 7.81. The van der Waals surface area contributed by atoms with Gasteiger partial charge in [-0.1, -0.05) is 19.8 Å². The summed E-state index contributed by atoms with van der Waals surface area (Å²) in [6.07, 6.45) is 1.84. The molecule has 6 heteroatoms. The molecule has 0 saturated heterocycles. The molecule has 0 bridgehead atoms. The first-order valence-corrected chi connectivity index (χ1v) is 8.87. The highest BCUT2D eigenvalue weighted by atomic mass is 32.1. The van der Waals surface area contributed by atoms with Crippen LogP contribution in [-0.4, -0.2) is 30.1 Å². The predicted octanol–water partition coefficient (Wildman–Crippen LogP) is 3.92. The molecule has 1 rings (SSSR count). The maximum absolute atomic E-state index is 12.3. The van der Waals surface area contributed by atoms with Gasteiger partial charge in [-0.2, -0.15) is 11.3 Å². The zero-order valence-corrected chi connectivity index (χ0v) is 15.2. The predicted molar refractivity (Wildman–Crippen MR) is 91.7 cm³/mol. The Balaban J connectivity index is 2.47. The van der Waals surface area contributed by atoms with E-state index in [2.05, 4.69) is 5.32 Å². The van der Waals surface area contributed by atoms with Crippen molar-refractivity contribution in [3.8, 4) is 0 Å². The van der Waals surface area contributed by atoms with Gasteiger partial charge < -0.3 is 14.8 Å². The van der Waals surface area contributed by atoms with Crippen molar-refractivity contribution in [3.05, 3.63) is 22.4 Å². The van der Waals surface area contributed by atoms with Crippen molar-refractivity contribution in [3.63, 3.8) is 0 Å². The highest BCUT2D eigenvalue weighted by Gasteiger charge is 2.23. The number of amides is 1. The van der Waals surface area contributed by atoms with Gasteiger partial charge in [-0.05, 0) is 49.6 Å². The lowest BCUT2D eigenvalue weighted by atomic mass is 10.1. The number of nitrogens with one attached hydrogen (secondary N) is 1. The second-order valence-electron chi connectivity index (χ2n) is 6.43. The summed E-state index contributed by atoms with van der Waals surface area (Å²) < 4.78 is 10.7. The second-order valence-corrected chi connectivity index (χ2v) is 7.21. The number of carbonyl (C=O) groups is 2. The molecular weight excluding hydrogens is 314 g/mol. The van der Waals surface area contributed by atoms with Crippen LogP contribution >= 0.6 is 11.3 Å². The fraction of sp³-hybridized carbons (Fsp3) is 0.647. The van der Waals surface area contributed by atoms with Gasteiger partial charge in [0, 0.05) is 0 Å². The van der Waals surface area contributed by atoms with E-state index in [-0.39, 0.29) is 12.4 Å². The van der Waals surface area contributed by atoms with Crippen LogP contribution < -0.4 is 5.32 Å². The molecule has 130 valence electrons. The van der Waals surface area contributed by atoms with Gasteiger partial charge >= 0.3 is 6.09 Å². The number of hydrogen-bond donors (Lipinski definition) is 1. The molecule has 0 aromatic carbocycles. The molecular formula is C17H27NO4S. The Morgan fingerprint density at radius 3 is 2.65 bits per heavy atom. The molecule has 1 unspecified atom stereocenters. The van der Waals surface area contributed by atoms with Gasteiger partial charge in [0.25, 0.3) is 0 Å². The molecule has 1 aromatic rings. The number of rotatable bonds is 9. The van der Waals surface area contributed by atoms with Crippen LogP contribution in [0.2, 0.25) is 0 Å². The molecule has 0 saturated carbocycles. The monoisotopic (exact) mass is 341 g/mol. The van der Waals surface area contributed by atoms with Crippen molar-refractivity contribution < 1.29 is 19.1 Å². The first-order chi connectivity index (χ1) is 10.8. The van der Waals surface area contributed by atoms with Crippen molar-refractivity contribution >= 4 is 23.2 Å². The van der Waals surface area contributed by atoms with Gasteiger partial charge in [-0.3, -0.25) is 4.79 Å². The smallest absolute Gasteiger partial charge is 0.408 e. The quantitative estimate of drug-likeness (QED) is 0.739. The Labute approximate surface area is 142 Å². The number of unbranched alkanes of at least 4 members (excludes halogenated alkanes) is 1. The van der Waals surface area contributed by atoms with Crippen LogP contribution in [0.25, 0.3) is 0 Å². The number of alkyl carbamates (subject to hydrolysis) is 1. The normalized spacial score (nSPS) is 12.7. The van der Waals surface area contributed by atoms with E-state index < -0.39 is 17.7 Å². The average molecular weight is 341 g/mol. The van der Waals surface area contributed by atoms with E-state index in [0.717, 1.165) is 18.4 Å². The van der Waals surface area contributed by atoms with Crippen molar-refractivity contribution in [2.75, 3.05) is 6.61 Å². The molecule has 0 radical (unpaired) electrons. The zero-order valence-electron chi connectivity index (χ0n) is 14.4. The first-order valence-electron chi connectivity index (χ1n) is 7.93. The van der Waals surface area contributed by atoms with Gasteiger partial charge in [0.2, 0.25) is 0 Å². The minimum atomic E-state index is -0.585. The number of ketones is 1. The average Bonchev–Trinajstić information content (AvgIpc) is 2.94. The fourth-order valence-corrected chi connectivity index (χ4v) is 2.57. The van der Waals surface area contributed by atoms with Crippen LogP contribution in [0.4, 0.5) is 4.79 Å². The van der Waals surface area contributed by atoms with Crippen LogP contribution in [0.5, 0.6) is 0 Å². The topological polar surface area (TPSA) is 64.6 Å². The van der Waals surface area contributed by atoms with E-state index in [4.69, 9.17) is 9.47 Å². The molecule has 1 N–H and O–H groups in total. The largest absolute Gasteiger partial charge is 0.444 e. The molecule has 0 aliphatic carbocycles. The van der Waals surface area contributed by atoms with Crippen LogP contribution in [0.3, 0.4) is 0 Å². The summed E-state index contributed by atoms with van der Waals surface area (Å²) in [5.74, 6) is -0.125. The molecule has 1 amide bonds. The van der Waals surface area contributed by atoms with E-state index in [1.807, 2.05) is 23.8 Å². The third-order valence-corrected chi connectivity index (χ3v) is 3.75. The molecule has 0 aliphatic heterocycles. The third-order valence-electron chi connectivity index (χ3n) is 3.02. The Morgan fingerprint density at radius 1 is 1.35 bits per heavy atom. The van der Waals surface area contributed by atoms with Gasteiger partial charge in [-0.15, -0.1) is 0 Å². The summed E-state index contributed by atoms with van der Waals surface area (Å²) in [7, 11) is 0. The van der Waals surface area contributed by atoms with E-state index in [0.29, 0.717) is 13.0 Å². The first kappa shape index (κ1) is 19.6. The summed E-state index contributed by atoms with van der Waals surface area (Å²) >= 11 is 1.59. The van der Waals surface area contributed by atoms with Gasteiger partial charge in [0.1, 0.15) is 12.2 Å². The lowest BCUT2D eigenvalue weighted by molar-refractivity contribution is -0.126. The summed E-state index contributed by atoms with van der Waals surface area (Å²) in [6, 6.07) is 1.40. The Hall–Kier alpha value is -1.40. The van der Waals surface area contributed by atoms with Gasteiger partial charge in [0.15, 0.2) is 5.78 Å². The summed E-state index contributed by atoms with van der Waals surface area (Å²) in [5.41, 5.74) is 0.464. The molecule has 1 atom stereocenters. The third kappa shape index (κ3) is 8.71. The molecule has 23 heavy (non-hydrogen) atoms. The van der Waals surface area contributed by atoms with Crippen LogP contribution in [0.15, 0.2) is 16.8 Å². The van der Waals surface area contributed by atoms with Gasteiger partial charge in [-0.25, -0.2) is 4.79 Å². The minimum absolute atomic E-state index is 0.0139. The lowest BCUT2D eigenvalue weighted by Crippen LogP contribution is -2.44. The highest BCUT2D eigenvalue weighted by Crippen LogP contribution is 2.10. The summed E-state index contributed by atoms with van der Waals surface area (Å²) in [4.78, 5) is 24.2. The molecule has 5 nitrogen and oxygen atoms in total. The van der Waals surface area contributed by atoms with Crippen LogP contribution in [0, 0.1) is 0 Å². The van der Waals surface area contributed by atoms with Crippen molar-refractivity contribution in [1.82, 2.24) is 5.32 Å². The van der Waals surface area contributed by atoms with E-state index >= 15 is 0 Å². The van der Waals surface area contributed by atoms with Gasteiger partial charge in [0.05, 0.1) is 12.6 Å². The Kier molecular flexibility index (Phi) is 8.26. The number of thiophene rings is 1. The Bertz CT molecular complexity index is 479. The second kappa shape index (κ2) is 9.67. The lowest BCUT2D eigenvalue weighted by Gasteiger charge is -2.23. The zero-order chi connectivity index (χ0) is 17.3. The number of hydrogen-bond acceptors (Lipinski definition) is 5. The summed E-state index contributed by atoms with van der Waals surface area (Å²) in [5, 5.41) is 6.61.